The fraction of sp³-hybridized carbons (Fsp3) is 0.381. The third-order valence-electron chi connectivity index (χ3n) is 4.18. The Morgan fingerprint density at radius 3 is 2.21 bits per heavy atom. The monoisotopic (exact) mass is 485 g/mol. The molecule has 12 heteroatoms. The molecule has 2 N–H and O–H groups in total. The van der Waals surface area contributed by atoms with E-state index in [1.165, 1.54) is 6.20 Å². The molecule has 0 aliphatic rings. The summed E-state index contributed by atoms with van der Waals surface area (Å²) in [5.74, 6) is -2.13. The number of hydrazine groups is 1. The molecule has 0 unspecified atom stereocenters. The van der Waals surface area contributed by atoms with Gasteiger partial charge in [0, 0.05) is 23.8 Å². The minimum absolute atomic E-state index is 0.0578. The van der Waals surface area contributed by atoms with E-state index in [0.717, 1.165) is 5.56 Å². The minimum atomic E-state index is -5.08. The third-order valence-corrected chi connectivity index (χ3v) is 4.43. The van der Waals surface area contributed by atoms with E-state index >= 15 is 0 Å². The molecule has 1 aromatic carbocycles. The van der Waals surface area contributed by atoms with Gasteiger partial charge in [0.05, 0.1) is 5.41 Å². The number of anilines is 1. The summed E-state index contributed by atoms with van der Waals surface area (Å²) >= 11 is 5.94. The Kier molecular flexibility index (Phi) is 9.61. The van der Waals surface area contributed by atoms with E-state index in [9.17, 15) is 18.0 Å². The number of nitriles is 1. The molecule has 0 radical (unpaired) electrons. The Bertz CT molecular complexity index is 1010. The Balaban J connectivity index is 0.000000675. The lowest BCUT2D eigenvalue weighted by Crippen LogP contribution is -2.51. The molecule has 0 saturated carbocycles. The normalized spacial score (nSPS) is 11.2. The Hall–Kier alpha value is -3.39. The molecule has 1 heterocycles. The van der Waals surface area contributed by atoms with Crippen molar-refractivity contribution in [2.45, 2.75) is 39.3 Å². The lowest BCUT2D eigenvalue weighted by atomic mass is 9.84. The summed E-state index contributed by atoms with van der Waals surface area (Å²) in [5.41, 5.74) is 3.01. The van der Waals surface area contributed by atoms with Crippen LogP contribution in [-0.4, -0.2) is 39.7 Å². The van der Waals surface area contributed by atoms with E-state index in [1.807, 2.05) is 45.9 Å². The van der Waals surface area contributed by atoms with Gasteiger partial charge in [-0.3, -0.25) is 15.2 Å². The van der Waals surface area contributed by atoms with Crippen LogP contribution in [0.15, 0.2) is 36.5 Å². The number of aliphatic carboxylic acids is 1. The molecule has 0 aliphatic heterocycles. The van der Waals surface area contributed by atoms with Crippen molar-refractivity contribution in [3.05, 3.63) is 52.9 Å². The van der Waals surface area contributed by atoms with Gasteiger partial charge in [-0.25, -0.2) is 9.78 Å². The summed E-state index contributed by atoms with van der Waals surface area (Å²) < 4.78 is 31.7. The highest BCUT2D eigenvalue weighted by Gasteiger charge is 2.38. The number of benzene rings is 1. The summed E-state index contributed by atoms with van der Waals surface area (Å²) in [6, 6.07) is 10.8. The number of carboxylic acid groups (broad SMARTS) is 1. The van der Waals surface area contributed by atoms with E-state index in [-0.39, 0.29) is 17.6 Å². The van der Waals surface area contributed by atoms with E-state index < -0.39 is 17.6 Å². The number of carboxylic acids is 1. The minimum Gasteiger partial charge on any atom is -0.475 e. The molecular formula is C21H23ClF3N5O3. The van der Waals surface area contributed by atoms with Gasteiger partial charge in [0.15, 0.2) is 5.82 Å². The summed E-state index contributed by atoms with van der Waals surface area (Å²) in [4.78, 5) is 29.9. The van der Waals surface area contributed by atoms with Crippen molar-refractivity contribution >= 4 is 29.3 Å². The highest BCUT2D eigenvalue weighted by atomic mass is 35.5. The van der Waals surface area contributed by atoms with Crippen molar-refractivity contribution < 1.29 is 27.9 Å². The van der Waals surface area contributed by atoms with Crippen LogP contribution in [0.25, 0.3) is 0 Å². The van der Waals surface area contributed by atoms with Crippen molar-refractivity contribution in [1.29, 1.82) is 5.26 Å². The number of alkyl halides is 3. The van der Waals surface area contributed by atoms with Gasteiger partial charge in [0.2, 0.25) is 11.7 Å². The van der Waals surface area contributed by atoms with Crippen LogP contribution in [0.2, 0.25) is 5.02 Å². The highest BCUT2D eigenvalue weighted by Crippen LogP contribution is 2.25. The van der Waals surface area contributed by atoms with Gasteiger partial charge in [-0.05, 0) is 37.5 Å². The molecule has 1 aromatic heterocycles. The van der Waals surface area contributed by atoms with Crippen molar-refractivity contribution in [2.75, 3.05) is 11.6 Å². The molecule has 0 atom stereocenters. The summed E-state index contributed by atoms with van der Waals surface area (Å²) in [5, 5.41) is 18.4. The molecule has 0 fully saturated rings. The van der Waals surface area contributed by atoms with Crippen LogP contribution >= 0.6 is 11.6 Å². The molecule has 0 bridgehead atoms. The summed E-state index contributed by atoms with van der Waals surface area (Å²) in [6.07, 6.45) is -3.58. The third kappa shape index (κ3) is 8.57. The first-order valence-corrected chi connectivity index (χ1v) is 9.94. The predicted octanol–water partition coefficient (Wildman–Crippen LogP) is 4.11. The zero-order valence-corrected chi connectivity index (χ0v) is 19.1. The molecule has 0 spiro atoms. The molecule has 1 amide bonds. The number of carbonyl (C=O) groups excluding carboxylic acids is 1. The predicted molar refractivity (Wildman–Crippen MR) is 115 cm³/mol. The number of nitrogens with zero attached hydrogens (tertiary/aromatic N) is 4. The van der Waals surface area contributed by atoms with Crippen LogP contribution < -0.4 is 10.4 Å². The van der Waals surface area contributed by atoms with Crippen LogP contribution in [0.4, 0.5) is 19.0 Å². The first kappa shape index (κ1) is 27.6. The number of rotatable bonds is 6. The number of hydrogen-bond donors (Lipinski definition) is 2. The standard InChI is InChI=1S/C19H22ClN5O.C2HF3O2/c1-13(2)12-25(17-9-10-22-16(11-21)23-17)24-18(26)19(3,4)14-5-7-15(20)8-6-14;3-2(4,5)1(6)7/h5-10,13H,12H2,1-4H3,(H,24,26);(H,6,7). The first-order chi connectivity index (χ1) is 15.2. The number of aromatic nitrogens is 2. The van der Waals surface area contributed by atoms with Crippen molar-refractivity contribution in [3.63, 3.8) is 0 Å². The smallest absolute Gasteiger partial charge is 0.475 e. The van der Waals surface area contributed by atoms with Crippen molar-refractivity contribution in [2.24, 2.45) is 5.92 Å². The zero-order chi connectivity index (χ0) is 25.4. The fourth-order valence-electron chi connectivity index (χ4n) is 2.37. The lowest BCUT2D eigenvalue weighted by Gasteiger charge is -2.31. The van der Waals surface area contributed by atoms with Crippen molar-refractivity contribution in [1.82, 2.24) is 15.4 Å². The molecule has 0 aliphatic carbocycles. The van der Waals surface area contributed by atoms with E-state index in [2.05, 4.69) is 15.4 Å². The van der Waals surface area contributed by atoms with Crippen LogP contribution in [0, 0.1) is 17.2 Å². The quantitative estimate of drug-likeness (QED) is 0.591. The van der Waals surface area contributed by atoms with E-state index in [0.29, 0.717) is 17.4 Å². The molecule has 8 nitrogen and oxygen atoms in total. The van der Waals surface area contributed by atoms with Gasteiger partial charge in [-0.15, -0.1) is 0 Å². The second-order valence-corrected chi connectivity index (χ2v) is 8.17. The average molecular weight is 486 g/mol. The fourth-order valence-corrected chi connectivity index (χ4v) is 2.50. The maximum Gasteiger partial charge on any atom is 0.490 e. The van der Waals surface area contributed by atoms with Gasteiger partial charge in [0.25, 0.3) is 0 Å². The van der Waals surface area contributed by atoms with Crippen LogP contribution in [-0.2, 0) is 15.0 Å². The summed E-state index contributed by atoms with van der Waals surface area (Å²) in [7, 11) is 0. The zero-order valence-electron chi connectivity index (χ0n) is 18.3. The number of nitrogens with one attached hydrogen (secondary N) is 1. The second-order valence-electron chi connectivity index (χ2n) is 7.73. The van der Waals surface area contributed by atoms with Gasteiger partial charge < -0.3 is 5.11 Å². The number of carbonyl (C=O) groups is 2. The Morgan fingerprint density at radius 2 is 1.76 bits per heavy atom. The van der Waals surface area contributed by atoms with E-state index in [1.54, 1.807) is 23.2 Å². The molecule has 0 saturated heterocycles. The highest BCUT2D eigenvalue weighted by molar-refractivity contribution is 6.30. The maximum atomic E-state index is 13.0. The van der Waals surface area contributed by atoms with Crippen LogP contribution in [0.3, 0.4) is 0 Å². The lowest BCUT2D eigenvalue weighted by molar-refractivity contribution is -0.192. The second kappa shape index (κ2) is 11.5. The van der Waals surface area contributed by atoms with Gasteiger partial charge in [0.1, 0.15) is 6.07 Å². The SMILES string of the molecule is CC(C)CN(NC(=O)C(C)(C)c1ccc(Cl)cc1)c1ccnc(C#N)n1.O=C(O)C(F)(F)F. The van der Waals surface area contributed by atoms with Crippen LogP contribution in [0.1, 0.15) is 39.1 Å². The molecule has 178 valence electrons. The maximum absolute atomic E-state index is 13.0. The Morgan fingerprint density at radius 1 is 1.21 bits per heavy atom. The van der Waals surface area contributed by atoms with E-state index in [4.69, 9.17) is 26.8 Å². The van der Waals surface area contributed by atoms with Gasteiger partial charge in [-0.1, -0.05) is 37.6 Å². The largest absolute Gasteiger partial charge is 0.490 e. The number of halogens is 4. The Labute approximate surface area is 194 Å². The summed E-state index contributed by atoms with van der Waals surface area (Å²) in [6.45, 7) is 8.32. The number of amides is 1. The molecular weight excluding hydrogens is 463 g/mol. The molecule has 2 aromatic rings. The molecule has 33 heavy (non-hydrogen) atoms. The number of hydrogen-bond acceptors (Lipinski definition) is 6. The van der Waals surface area contributed by atoms with Crippen molar-refractivity contribution in [3.8, 4) is 6.07 Å². The van der Waals surface area contributed by atoms with Gasteiger partial charge >= 0.3 is 12.1 Å². The topological polar surface area (TPSA) is 119 Å². The first-order valence-electron chi connectivity index (χ1n) is 9.56. The average Bonchev–Trinajstić information content (AvgIpc) is 2.73. The van der Waals surface area contributed by atoms with Crippen LogP contribution in [0.5, 0.6) is 0 Å². The van der Waals surface area contributed by atoms with Gasteiger partial charge in [-0.2, -0.15) is 23.4 Å². The molecule has 2 rings (SSSR count).